The molecule has 5 rings (SSSR count). The molecule has 0 unspecified atom stereocenters. The number of likely N-dealkylation sites (N-methyl/N-ethyl adjacent to an activating group) is 1. The van der Waals surface area contributed by atoms with E-state index in [1.54, 1.807) is 20.2 Å². The number of phenols is 1. The maximum absolute atomic E-state index is 14.1. The second-order valence-corrected chi connectivity index (χ2v) is 12.8. The Kier molecular flexibility index (Phi) is 6.88. The summed E-state index contributed by atoms with van der Waals surface area (Å²) in [6.07, 6.45) is 0.219. The zero-order valence-electron chi connectivity index (χ0n) is 24.4. The molecule has 42 heavy (non-hydrogen) atoms. The normalized spacial score (nSPS) is 25.9. The fourth-order valence-electron chi connectivity index (χ4n) is 6.94. The van der Waals surface area contributed by atoms with Crippen LogP contribution in [0, 0.1) is 11.8 Å². The molecule has 0 radical (unpaired) electrons. The summed E-state index contributed by atoms with van der Waals surface area (Å²) in [4.78, 5) is 41.3. The number of hydrogen-bond acceptors (Lipinski definition) is 9. The molecular formula is C32H37N3O7. The summed E-state index contributed by atoms with van der Waals surface area (Å²) in [6, 6.07) is 8.65. The Morgan fingerprint density at radius 2 is 1.71 bits per heavy atom. The third-order valence-electron chi connectivity index (χ3n) is 9.08. The maximum Gasteiger partial charge on any atom is 0.255 e. The summed E-state index contributed by atoms with van der Waals surface area (Å²) in [5, 5.41) is 45.5. The van der Waals surface area contributed by atoms with Gasteiger partial charge in [0.05, 0.1) is 11.6 Å². The van der Waals surface area contributed by atoms with Gasteiger partial charge in [-0.1, -0.05) is 45.0 Å². The van der Waals surface area contributed by atoms with Gasteiger partial charge in [-0.2, -0.15) is 0 Å². The molecule has 0 spiro atoms. The number of nitrogens with two attached hydrogens (primary N) is 2. The van der Waals surface area contributed by atoms with Crippen molar-refractivity contribution in [3.63, 3.8) is 0 Å². The van der Waals surface area contributed by atoms with Crippen molar-refractivity contribution < 1.29 is 34.8 Å². The SMILES string of the molecule is CN(C)[C@H]1C(O)=C(C(N)=O)C(=O)[C@]2(O)C(O)=C3C(=O)c4c(O)c(CN)cc(-c5ccc(C(C)(C)C)cc5)c4C[C@@H]3C[C@H]12. The minimum absolute atomic E-state index is 0.0214. The number of aliphatic hydroxyl groups is 3. The van der Waals surface area contributed by atoms with Crippen molar-refractivity contribution in [2.45, 2.75) is 57.2 Å². The van der Waals surface area contributed by atoms with Crippen LogP contribution < -0.4 is 11.5 Å². The Labute approximate surface area is 243 Å². The molecule has 2 aromatic rings. The van der Waals surface area contributed by atoms with Gasteiger partial charge in [-0.3, -0.25) is 19.3 Å². The van der Waals surface area contributed by atoms with E-state index in [-0.39, 0.29) is 41.7 Å². The summed E-state index contributed by atoms with van der Waals surface area (Å²) < 4.78 is 0. The van der Waals surface area contributed by atoms with E-state index < -0.39 is 58.0 Å². The zero-order chi connectivity index (χ0) is 31.0. The summed E-state index contributed by atoms with van der Waals surface area (Å²) in [5.74, 6) is -6.83. The summed E-state index contributed by atoms with van der Waals surface area (Å²) in [6.45, 7) is 6.26. The fourth-order valence-corrected chi connectivity index (χ4v) is 6.94. The van der Waals surface area contributed by atoms with Crippen LogP contribution in [0.25, 0.3) is 11.1 Å². The lowest BCUT2D eigenvalue weighted by molar-refractivity contribution is -0.148. The fraction of sp³-hybridized carbons (Fsp3) is 0.406. The first-order chi connectivity index (χ1) is 19.5. The van der Waals surface area contributed by atoms with Crippen LogP contribution in [0.15, 0.2) is 53.0 Å². The number of carbonyl (C=O) groups is 3. The van der Waals surface area contributed by atoms with Crippen LogP contribution in [0.1, 0.15) is 54.2 Å². The number of phenolic OH excluding ortho intramolecular Hbond substituents is 1. The van der Waals surface area contributed by atoms with Crippen molar-refractivity contribution in [2.75, 3.05) is 14.1 Å². The lowest BCUT2D eigenvalue weighted by Gasteiger charge is -2.50. The monoisotopic (exact) mass is 575 g/mol. The lowest BCUT2D eigenvalue weighted by atomic mass is 9.58. The van der Waals surface area contributed by atoms with Gasteiger partial charge in [0, 0.05) is 23.6 Å². The number of carbonyl (C=O) groups excluding carboxylic acids is 3. The molecule has 8 N–H and O–H groups in total. The number of ketones is 2. The second kappa shape index (κ2) is 9.79. The molecule has 3 aliphatic rings. The van der Waals surface area contributed by atoms with Crippen molar-refractivity contribution in [2.24, 2.45) is 23.3 Å². The van der Waals surface area contributed by atoms with Crippen LogP contribution in [0.5, 0.6) is 5.75 Å². The highest BCUT2D eigenvalue weighted by Crippen LogP contribution is 2.53. The number of benzene rings is 2. The molecule has 0 heterocycles. The van der Waals surface area contributed by atoms with E-state index in [0.29, 0.717) is 16.7 Å². The summed E-state index contributed by atoms with van der Waals surface area (Å²) in [7, 11) is 3.19. The van der Waals surface area contributed by atoms with E-state index in [9.17, 15) is 34.8 Å². The molecule has 10 heteroatoms. The Bertz CT molecular complexity index is 1600. The maximum atomic E-state index is 14.1. The van der Waals surface area contributed by atoms with Crippen molar-refractivity contribution in [1.82, 2.24) is 4.90 Å². The number of rotatable bonds is 4. The van der Waals surface area contributed by atoms with E-state index in [1.807, 2.05) is 24.3 Å². The Balaban J connectivity index is 1.73. The summed E-state index contributed by atoms with van der Waals surface area (Å²) >= 11 is 0. The number of aliphatic hydroxyl groups excluding tert-OH is 2. The van der Waals surface area contributed by atoms with Gasteiger partial charge < -0.3 is 31.9 Å². The molecule has 1 amide bonds. The van der Waals surface area contributed by atoms with Crippen molar-refractivity contribution >= 4 is 17.5 Å². The van der Waals surface area contributed by atoms with E-state index >= 15 is 0 Å². The van der Waals surface area contributed by atoms with Gasteiger partial charge in [0.1, 0.15) is 22.8 Å². The number of primary amides is 1. The number of amides is 1. The van der Waals surface area contributed by atoms with E-state index in [0.717, 1.165) is 11.1 Å². The highest BCUT2D eigenvalue weighted by molar-refractivity contribution is 6.25. The minimum Gasteiger partial charge on any atom is -0.510 e. The topological polar surface area (TPSA) is 187 Å². The van der Waals surface area contributed by atoms with E-state index in [2.05, 4.69) is 20.8 Å². The lowest BCUT2D eigenvalue weighted by Crippen LogP contribution is -2.63. The first-order valence-corrected chi connectivity index (χ1v) is 13.9. The predicted octanol–water partition coefficient (Wildman–Crippen LogP) is 2.54. The molecule has 0 aromatic heterocycles. The Hall–Kier alpha value is -3.99. The van der Waals surface area contributed by atoms with Gasteiger partial charge in [-0.25, -0.2) is 0 Å². The van der Waals surface area contributed by atoms with Crippen molar-refractivity contribution in [1.29, 1.82) is 0 Å². The highest BCUT2D eigenvalue weighted by Gasteiger charge is 2.63. The predicted molar refractivity (Wildman–Crippen MR) is 156 cm³/mol. The molecule has 0 aliphatic heterocycles. The minimum atomic E-state index is -2.68. The molecule has 0 bridgehead atoms. The molecule has 10 nitrogen and oxygen atoms in total. The smallest absolute Gasteiger partial charge is 0.255 e. The van der Waals surface area contributed by atoms with Gasteiger partial charge in [0.15, 0.2) is 11.4 Å². The van der Waals surface area contributed by atoms with Gasteiger partial charge in [0.2, 0.25) is 5.78 Å². The quantitative estimate of drug-likeness (QED) is 0.298. The Morgan fingerprint density at radius 3 is 2.24 bits per heavy atom. The van der Waals surface area contributed by atoms with Crippen LogP contribution >= 0.6 is 0 Å². The van der Waals surface area contributed by atoms with Crippen molar-refractivity contribution in [3.8, 4) is 16.9 Å². The van der Waals surface area contributed by atoms with Crippen LogP contribution in [0.3, 0.4) is 0 Å². The molecule has 222 valence electrons. The molecule has 0 fully saturated rings. The number of aromatic hydroxyl groups is 1. The van der Waals surface area contributed by atoms with Gasteiger partial charge in [-0.05, 0) is 66.6 Å². The molecule has 0 saturated carbocycles. The summed E-state index contributed by atoms with van der Waals surface area (Å²) in [5.41, 5.74) is 11.0. The average molecular weight is 576 g/mol. The highest BCUT2D eigenvalue weighted by atomic mass is 16.3. The van der Waals surface area contributed by atoms with E-state index in [4.69, 9.17) is 11.5 Å². The average Bonchev–Trinajstić information content (AvgIpc) is 2.90. The number of allylic oxidation sites excluding steroid dienone is 1. The standard InChI is InChI=1S/C32H37N3O7/c1-31(2,3)17-8-6-14(7-9-17)18-11-16(13-33)25(36)22-19(18)10-15-12-20-24(35(4)5)27(38)23(30(34)41)29(40)32(20,42)28(39)21(15)26(22)37/h6-9,11,15,20,24,36,38-39,42H,10,12-13,33H2,1-5H3,(H2,34,41)/t15-,20-,24-,32-/m1/s1. The van der Waals surface area contributed by atoms with Gasteiger partial charge in [-0.15, -0.1) is 0 Å². The molecule has 4 atom stereocenters. The van der Waals surface area contributed by atoms with Crippen LogP contribution in [-0.2, 0) is 28.0 Å². The van der Waals surface area contributed by atoms with Gasteiger partial charge >= 0.3 is 0 Å². The van der Waals surface area contributed by atoms with Gasteiger partial charge in [0.25, 0.3) is 5.91 Å². The number of hydrogen-bond donors (Lipinski definition) is 6. The number of nitrogens with zero attached hydrogens (tertiary/aromatic N) is 1. The third kappa shape index (κ3) is 4.08. The number of fused-ring (bicyclic) bond motifs is 3. The first kappa shape index (κ1) is 29.5. The van der Waals surface area contributed by atoms with Crippen LogP contribution in [0.2, 0.25) is 0 Å². The largest absolute Gasteiger partial charge is 0.510 e. The second-order valence-electron chi connectivity index (χ2n) is 12.8. The molecule has 0 saturated heterocycles. The third-order valence-corrected chi connectivity index (χ3v) is 9.08. The van der Waals surface area contributed by atoms with Crippen molar-refractivity contribution in [3.05, 3.63) is 75.3 Å². The Morgan fingerprint density at radius 1 is 1.10 bits per heavy atom. The molecule has 3 aliphatic carbocycles. The molecule has 2 aromatic carbocycles. The molecular weight excluding hydrogens is 538 g/mol. The zero-order valence-corrected chi connectivity index (χ0v) is 24.4. The van der Waals surface area contributed by atoms with Crippen LogP contribution in [0.4, 0.5) is 0 Å². The number of Topliss-reactive ketones (excluding diaryl/α,β-unsaturated/α-hetero) is 2. The van der Waals surface area contributed by atoms with E-state index in [1.165, 1.54) is 4.90 Å². The first-order valence-electron chi connectivity index (χ1n) is 13.9. The van der Waals surface area contributed by atoms with Crippen LogP contribution in [-0.4, -0.2) is 68.5 Å².